The molecule has 0 spiro atoms. The smallest absolute Gasteiger partial charge is 0.157 e. The van der Waals surface area contributed by atoms with Gasteiger partial charge in [-0.3, -0.25) is 0 Å². The molecule has 4 aliphatic rings. The van der Waals surface area contributed by atoms with Crippen LogP contribution >= 0.6 is 0 Å². The van der Waals surface area contributed by atoms with E-state index in [9.17, 15) is 102 Å². The molecule has 0 aliphatic carbocycles. The first kappa shape index (κ1) is 54.2. The Labute approximate surface area is 472 Å². The number of ether oxygens (including phenoxy) is 4. The van der Waals surface area contributed by atoms with Crippen LogP contribution in [-0.2, 0) is 6.42 Å². The molecular weight excluding hydrogens is 1100 g/mol. The van der Waals surface area contributed by atoms with Crippen LogP contribution in [-0.4, -0.2) is 127 Å². The number of aromatic hydroxyl groups is 16. The maximum Gasteiger partial charge on any atom is 0.157 e. The molecule has 8 aromatic carbocycles. The third-order valence-corrected chi connectivity index (χ3v) is 16.0. The Kier molecular flexibility index (Phi) is 12.7. The first-order valence-electron chi connectivity index (χ1n) is 25.7. The van der Waals surface area contributed by atoms with E-state index in [0.717, 1.165) is 78.9 Å². The van der Waals surface area contributed by atoms with Gasteiger partial charge in [0.05, 0.1) is 23.9 Å². The lowest BCUT2D eigenvalue weighted by Crippen LogP contribution is -2.39. The number of fused-ring (bicyclic) bond motifs is 4. The first-order valence-corrected chi connectivity index (χ1v) is 25.7. The molecule has 24 nitrogen and oxygen atoms in total. The highest BCUT2D eigenvalue weighted by Gasteiger charge is 2.53. The molecule has 12 rings (SSSR count). The highest BCUT2D eigenvalue weighted by Crippen LogP contribution is 2.65. The van der Waals surface area contributed by atoms with Crippen molar-refractivity contribution in [2.24, 2.45) is 0 Å². The Bertz CT molecular complexity index is 4030. The van der Waals surface area contributed by atoms with Gasteiger partial charge in [0.25, 0.3) is 0 Å². The van der Waals surface area contributed by atoms with Crippen LogP contribution < -0.4 is 18.9 Å². The van der Waals surface area contributed by atoms with Gasteiger partial charge in [-0.25, -0.2) is 0 Å². The Morgan fingerprint density at radius 1 is 0.286 bits per heavy atom. The Balaban J connectivity index is 1.11. The average Bonchev–Trinajstić information content (AvgIpc) is 0.873. The maximum atomic E-state index is 13.0. The van der Waals surface area contributed by atoms with E-state index < -0.39 is 204 Å². The van der Waals surface area contributed by atoms with Gasteiger partial charge in [-0.15, -0.1) is 0 Å². The second-order valence-electron chi connectivity index (χ2n) is 21.0. The summed E-state index contributed by atoms with van der Waals surface area (Å²) >= 11 is 0. The molecular formula is C60H50O24. The Morgan fingerprint density at radius 3 is 1.02 bits per heavy atom. The SMILES string of the molecule is Oc1cc(O)c2c(c1)OC(c1ccc(O)c(O)c1)C(O)C2c1c(O)cc(O)c2c1OC(c1ccc(O)c(O)c1)C(O)C2c1c(O)cc(O)c2c1OC(c1ccc(O)c(O)c1)C(O)C2c1c(O)cc2c(c1O)CC(O)C(c1ccc(O)c(O)c1)O2. The van der Waals surface area contributed by atoms with Gasteiger partial charge in [-0.2, -0.15) is 0 Å². The van der Waals surface area contributed by atoms with Crippen LogP contribution in [0.3, 0.4) is 0 Å². The molecule has 84 heavy (non-hydrogen) atoms. The highest BCUT2D eigenvalue weighted by molar-refractivity contribution is 5.73. The number of hydrogen-bond donors (Lipinski definition) is 20. The number of benzene rings is 8. The summed E-state index contributed by atoms with van der Waals surface area (Å²) in [4.78, 5) is 0. The van der Waals surface area contributed by atoms with Gasteiger partial charge >= 0.3 is 0 Å². The van der Waals surface area contributed by atoms with Crippen molar-refractivity contribution in [2.45, 2.75) is 73.0 Å². The van der Waals surface area contributed by atoms with Crippen molar-refractivity contribution in [3.05, 3.63) is 164 Å². The van der Waals surface area contributed by atoms with Gasteiger partial charge in [0.1, 0.15) is 93.4 Å². The predicted octanol–water partition coefficient (Wildman–Crippen LogP) is 5.89. The van der Waals surface area contributed by atoms with Crippen molar-refractivity contribution >= 4 is 0 Å². The molecule has 20 N–H and O–H groups in total. The highest BCUT2D eigenvalue weighted by atomic mass is 16.5. The van der Waals surface area contributed by atoms with Gasteiger partial charge < -0.3 is 121 Å². The van der Waals surface area contributed by atoms with Crippen LogP contribution in [0.15, 0.2) is 103 Å². The number of rotatable bonds is 7. The van der Waals surface area contributed by atoms with Crippen LogP contribution in [0, 0.1) is 0 Å². The van der Waals surface area contributed by atoms with Crippen LogP contribution in [0.25, 0.3) is 0 Å². The quantitative estimate of drug-likeness (QED) is 0.0827. The molecule has 0 aromatic heterocycles. The van der Waals surface area contributed by atoms with Gasteiger partial charge in [0.15, 0.2) is 64.3 Å². The van der Waals surface area contributed by atoms with Crippen LogP contribution in [0.1, 0.15) is 103 Å². The molecule has 0 saturated heterocycles. The normalized spacial score (nSPS) is 24.0. The van der Waals surface area contributed by atoms with Crippen molar-refractivity contribution in [3.8, 4) is 115 Å². The molecule has 0 amide bonds. The molecule has 0 saturated carbocycles. The van der Waals surface area contributed by atoms with Crippen LogP contribution in [0.4, 0.5) is 0 Å². The maximum absolute atomic E-state index is 13.0. The Hall–Kier alpha value is -10.4. The third-order valence-electron chi connectivity index (χ3n) is 16.0. The molecule has 0 fully saturated rings. The van der Waals surface area contributed by atoms with Gasteiger partial charge in [-0.1, -0.05) is 24.3 Å². The third kappa shape index (κ3) is 8.44. The van der Waals surface area contributed by atoms with Crippen molar-refractivity contribution < 1.29 is 121 Å². The summed E-state index contributed by atoms with van der Waals surface area (Å²) in [5, 5.41) is 229. The summed E-state index contributed by atoms with van der Waals surface area (Å²) < 4.78 is 25.4. The van der Waals surface area contributed by atoms with Gasteiger partial charge in [0.2, 0.25) is 0 Å². The molecule has 0 bridgehead atoms. The van der Waals surface area contributed by atoms with Crippen molar-refractivity contribution in [3.63, 3.8) is 0 Å². The number of aliphatic hydroxyl groups excluding tert-OH is 4. The standard InChI is InChI=1S/C60H50O24/c61-23-13-33(70)42-41(14-23)82-56(20-2-6-26(63)30(67)10-20)52(78)48(42)44-34(71)16-36(73)46-50(54(80)58(84-59(44)46)22-4-8-28(65)32(69)12-22)47-37(74)17-35(72)45-49(53(79)57(83-60(45)47)21-3-7-27(64)31(68)11-21)43-38(75)18-40-24(51(43)77)15-39(76)55(81-40)19-1-5-25(62)29(66)9-19/h1-14,16-18,39,48-50,52-58,61-80H,15H2. The summed E-state index contributed by atoms with van der Waals surface area (Å²) in [5.41, 5.74) is -3.26. The van der Waals surface area contributed by atoms with Crippen molar-refractivity contribution in [1.29, 1.82) is 0 Å². The lowest BCUT2D eigenvalue weighted by molar-refractivity contribution is -0.00771. The molecule has 4 aliphatic heterocycles. The summed E-state index contributed by atoms with van der Waals surface area (Å²) in [6.45, 7) is 0. The van der Waals surface area contributed by atoms with E-state index in [4.69, 9.17) is 18.9 Å². The van der Waals surface area contributed by atoms with E-state index in [2.05, 4.69) is 0 Å². The van der Waals surface area contributed by atoms with E-state index in [1.54, 1.807) is 0 Å². The van der Waals surface area contributed by atoms with Crippen LogP contribution in [0.5, 0.6) is 115 Å². The van der Waals surface area contributed by atoms with E-state index in [1.807, 2.05) is 0 Å². The molecule has 11 unspecified atom stereocenters. The zero-order chi connectivity index (χ0) is 59.8. The second-order valence-corrected chi connectivity index (χ2v) is 21.0. The fraction of sp³-hybridized carbons (Fsp3) is 0.200. The fourth-order valence-corrected chi connectivity index (χ4v) is 12.2. The van der Waals surface area contributed by atoms with E-state index in [0.29, 0.717) is 0 Å². The number of phenolic OH excluding ortho intramolecular Hbond substituents is 16. The first-order chi connectivity index (χ1) is 39.9. The average molecular weight is 1160 g/mol. The fourth-order valence-electron chi connectivity index (χ4n) is 12.2. The second kappa shape index (κ2) is 19.7. The summed E-state index contributed by atoms with van der Waals surface area (Å²) in [6, 6.07) is 18.0. The van der Waals surface area contributed by atoms with Crippen LogP contribution in [0.2, 0.25) is 0 Å². The molecule has 8 aromatic rings. The largest absolute Gasteiger partial charge is 0.508 e. The minimum atomic E-state index is -2.15. The van der Waals surface area contributed by atoms with E-state index >= 15 is 0 Å². The summed E-state index contributed by atoms with van der Waals surface area (Å²) in [6.07, 6.45) is -14.6. The Morgan fingerprint density at radius 2 is 0.619 bits per heavy atom. The molecule has 0 radical (unpaired) electrons. The lowest BCUT2D eigenvalue weighted by Gasteiger charge is -2.44. The molecule has 24 heteroatoms. The zero-order valence-electron chi connectivity index (χ0n) is 43.0. The van der Waals surface area contributed by atoms with Crippen molar-refractivity contribution in [1.82, 2.24) is 0 Å². The summed E-state index contributed by atoms with van der Waals surface area (Å²) in [5.74, 6) is -19.0. The monoisotopic (exact) mass is 1150 g/mol. The van der Waals surface area contributed by atoms with Gasteiger partial charge in [-0.05, 0) is 70.8 Å². The lowest BCUT2D eigenvalue weighted by atomic mass is 9.72. The number of phenols is 16. The number of aliphatic hydroxyl groups is 4. The van der Waals surface area contributed by atoms with E-state index in [-0.39, 0.29) is 44.9 Å². The zero-order valence-corrected chi connectivity index (χ0v) is 43.0. The van der Waals surface area contributed by atoms with Gasteiger partial charge in [0, 0.05) is 75.7 Å². The summed E-state index contributed by atoms with van der Waals surface area (Å²) in [7, 11) is 0. The minimum absolute atomic E-state index is 0.000225. The topological polar surface area (TPSA) is 442 Å². The molecule has 434 valence electrons. The van der Waals surface area contributed by atoms with E-state index in [1.165, 1.54) is 24.3 Å². The minimum Gasteiger partial charge on any atom is -0.508 e. The predicted molar refractivity (Wildman–Crippen MR) is 285 cm³/mol. The number of hydrogen-bond acceptors (Lipinski definition) is 24. The molecule has 4 heterocycles. The van der Waals surface area contributed by atoms with Crippen molar-refractivity contribution in [2.75, 3.05) is 0 Å². The molecule has 11 atom stereocenters.